The first-order chi connectivity index (χ1) is 9.72. The molecule has 0 unspecified atom stereocenters. The Balaban J connectivity index is 1.61. The van der Waals surface area contributed by atoms with Gasteiger partial charge < -0.3 is 14.0 Å². The van der Waals surface area contributed by atoms with Crippen LogP contribution in [0.15, 0.2) is 22.7 Å². The highest BCUT2D eigenvalue weighted by Crippen LogP contribution is 2.24. The van der Waals surface area contributed by atoms with Crippen LogP contribution in [0.3, 0.4) is 0 Å². The fraction of sp³-hybridized carbons (Fsp3) is 0.385. The van der Waals surface area contributed by atoms with Crippen molar-refractivity contribution in [2.24, 2.45) is 0 Å². The van der Waals surface area contributed by atoms with Gasteiger partial charge in [-0.15, -0.1) is 0 Å². The van der Waals surface area contributed by atoms with Gasteiger partial charge in [0, 0.05) is 18.6 Å². The predicted octanol–water partition coefficient (Wildman–Crippen LogP) is 2.95. The van der Waals surface area contributed by atoms with Crippen LogP contribution in [0, 0.1) is 5.82 Å². The molecule has 1 aliphatic heterocycles. The zero-order valence-electron chi connectivity index (χ0n) is 10.5. The fourth-order valence-corrected chi connectivity index (χ4v) is 2.11. The number of rotatable bonds is 4. The van der Waals surface area contributed by atoms with E-state index in [0.29, 0.717) is 24.1 Å². The lowest BCUT2D eigenvalue weighted by Gasteiger charge is -2.03. The minimum absolute atomic E-state index is 0.0109. The molecule has 0 bridgehead atoms. The maximum absolute atomic E-state index is 13.0. The maximum atomic E-state index is 13.0. The molecule has 1 aromatic heterocycles. The van der Waals surface area contributed by atoms with E-state index in [-0.39, 0.29) is 17.5 Å². The van der Waals surface area contributed by atoms with Gasteiger partial charge in [-0.3, -0.25) is 0 Å². The molecule has 1 aromatic carbocycles. The van der Waals surface area contributed by atoms with Crippen LogP contribution in [-0.2, 0) is 11.3 Å². The summed E-state index contributed by atoms with van der Waals surface area (Å²) in [6.45, 7) is 1.45. The Bertz CT molecular complexity index is 599. The second kappa shape index (κ2) is 5.76. The molecule has 7 heteroatoms. The van der Waals surface area contributed by atoms with Crippen molar-refractivity contribution in [2.75, 3.05) is 13.2 Å². The van der Waals surface area contributed by atoms with E-state index in [0.717, 1.165) is 13.0 Å². The van der Waals surface area contributed by atoms with Gasteiger partial charge in [-0.2, -0.15) is 4.98 Å². The lowest BCUT2D eigenvalue weighted by atomic mass is 10.1. The largest absolute Gasteiger partial charge is 0.484 e. The molecule has 0 radical (unpaired) electrons. The Labute approximate surface area is 119 Å². The van der Waals surface area contributed by atoms with Crippen LogP contribution in [0.5, 0.6) is 5.75 Å². The first kappa shape index (κ1) is 13.3. The van der Waals surface area contributed by atoms with Crippen molar-refractivity contribution in [1.29, 1.82) is 0 Å². The van der Waals surface area contributed by atoms with Gasteiger partial charge in [-0.25, -0.2) is 4.39 Å². The predicted molar refractivity (Wildman–Crippen MR) is 68.2 cm³/mol. The first-order valence-electron chi connectivity index (χ1n) is 6.20. The summed E-state index contributed by atoms with van der Waals surface area (Å²) in [4.78, 5) is 4.26. The molecule has 106 valence electrons. The number of aromatic nitrogens is 2. The number of hydrogen-bond acceptors (Lipinski definition) is 5. The average molecular weight is 299 g/mol. The molecule has 1 aliphatic rings. The van der Waals surface area contributed by atoms with Crippen LogP contribution in [0.1, 0.15) is 24.1 Å². The second-order valence-corrected chi connectivity index (χ2v) is 4.88. The highest BCUT2D eigenvalue weighted by molar-refractivity contribution is 6.30. The number of nitrogens with zero attached hydrogens (tertiary/aromatic N) is 2. The Kier molecular flexibility index (Phi) is 3.84. The molecule has 1 atom stereocenters. The normalized spacial score (nSPS) is 18.4. The summed E-state index contributed by atoms with van der Waals surface area (Å²) in [6, 6.07) is 4.13. The van der Waals surface area contributed by atoms with Crippen molar-refractivity contribution in [2.45, 2.75) is 18.9 Å². The molecular weight excluding hydrogens is 287 g/mol. The van der Waals surface area contributed by atoms with Crippen molar-refractivity contribution in [3.05, 3.63) is 40.8 Å². The van der Waals surface area contributed by atoms with Crippen LogP contribution < -0.4 is 4.74 Å². The van der Waals surface area contributed by atoms with E-state index in [1.54, 1.807) is 0 Å². The summed E-state index contributed by atoms with van der Waals surface area (Å²) in [5, 5.41) is 3.92. The van der Waals surface area contributed by atoms with Crippen LogP contribution in [0.4, 0.5) is 4.39 Å². The van der Waals surface area contributed by atoms with Gasteiger partial charge in [0.1, 0.15) is 11.6 Å². The Morgan fingerprint density at radius 1 is 1.45 bits per heavy atom. The van der Waals surface area contributed by atoms with Gasteiger partial charge in [0.2, 0.25) is 0 Å². The van der Waals surface area contributed by atoms with E-state index in [4.69, 9.17) is 25.6 Å². The van der Waals surface area contributed by atoms with Crippen molar-refractivity contribution in [1.82, 2.24) is 10.1 Å². The van der Waals surface area contributed by atoms with Crippen molar-refractivity contribution < 1.29 is 18.4 Å². The summed E-state index contributed by atoms with van der Waals surface area (Å²) >= 11 is 5.67. The molecule has 2 aromatic rings. The standard InChI is InChI=1S/C13H12ClFN2O3/c14-10-5-9(1-2-11(10)15)19-7-12-16-13(17-20-12)8-3-4-18-6-8/h1-2,5,8H,3-4,6-7H2/t8-/m1/s1. The van der Waals surface area contributed by atoms with Gasteiger partial charge in [-0.1, -0.05) is 16.8 Å². The van der Waals surface area contributed by atoms with Gasteiger partial charge in [0.25, 0.3) is 5.89 Å². The van der Waals surface area contributed by atoms with E-state index < -0.39 is 5.82 Å². The van der Waals surface area contributed by atoms with E-state index in [1.165, 1.54) is 18.2 Å². The highest BCUT2D eigenvalue weighted by Gasteiger charge is 2.23. The molecule has 0 spiro atoms. The monoisotopic (exact) mass is 298 g/mol. The summed E-state index contributed by atoms with van der Waals surface area (Å²) in [5.41, 5.74) is 0. The van der Waals surface area contributed by atoms with Crippen molar-refractivity contribution >= 4 is 11.6 Å². The molecule has 3 rings (SSSR count). The van der Waals surface area contributed by atoms with E-state index >= 15 is 0 Å². The molecule has 1 fully saturated rings. The van der Waals surface area contributed by atoms with Gasteiger partial charge in [-0.05, 0) is 18.6 Å². The number of hydrogen-bond donors (Lipinski definition) is 0. The summed E-state index contributed by atoms with van der Waals surface area (Å²) in [5.74, 6) is 1.15. The summed E-state index contributed by atoms with van der Waals surface area (Å²) < 4.78 is 28.8. The van der Waals surface area contributed by atoms with Crippen molar-refractivity contribution in [3.63, 3.8) is 0 Å². The molecule has 20 heavy (non-hydrogen) atoms. The van der Waals surface area contributed by atoms with E-state index in [9.17, 15) is 4.39 Å². The van der Waals surface area contributed by atoms with E-state index in [2.05, 4.69) is 10.1 Å². The minimum Gasteiger partial charge on any atom is -0.484 e. The molecule has 0 amide bonds. The molecule has 1 saturated heterocycles. The number of halogens is 2. The Morgan fingerprint density at radius 3 is 3.10 bits per heavy atom. The molecular formula is C13H12ClFN2O3. The van der Waals surface area contributed by atoms with Crippen molar-refractivity contribution in [3.8, 4) is 5.75 Å². The SMILES string of the molecule is Fc1ccc(OCc2nc([C@@H]3CCOC3)no2)cc1Cl. The summed E-state index contributed by atoms with van der Waals surface area (Å²) in [6.07, 6.45) is 0.896. The molecule has 0 saturated carbocycles. The van der Waals surface area contributed by atoms with Crippen LogP contribution >= 0.6 is 11.6 Å². The highest BCUT2D eigenvalue weighted by atomic mass is 35.5. The maximum Gasteiger partial charge on any atom is 0.264 e. The molecule has 0 N–H and O–H groups in total. The first-order valence-corrected chi connectivity index (χ1v) is 6.58. The van der Waals surface area contributed by atoms with Gasteiger partial charge >= 0.3 is 0 Å². The Morgan fingerprint density at radius 2 is 2.35 bits per heavy atom. The zero-order valence-corrected chi connectivity index (χ0v) is 11.3. The quantitative estimate of drug-likeness (QED) is 0.868. The lowest BCUT2D eigenvalue weighted by Crippen LogP contribution is -2.01. The number of ether oxygens (including phenoxy) is 2. The minimum atomic E-state index is -0.486. The molecule has 2 heterocycles. The van der Waals surface area contributed by atoms with Crippen LogP contribution in [0.2, 0.25) is 5.02 Å². The van der Waals surface area contributed by atoms with Crippen LogP contribution in [0.25, 0.3) is 0 Å². The zero-order chi connectivity index (χ0) is 13.9. The third-order valence-electron chi connectivity index (χ3n) is 3.03. The van der Waals surface area contributed by atoms with E-state index in [1.807, 2.05) is 0 Å². The third kappa shape index (κ3) is 2.91. The Hall–Kier alpha value is -1.66. The second-order valence-electron chi connectivity index (χ2n) is 4.47. The third-order valence-corrected chi connectivity index (χ3v) is 3.32. The fourth-order valence-electron chi connectivity index (χ4n) is 1.94. The molecule has 0 aliphatic carbocycles. The smallest absolute Gasteiger partial charge is 0.264 e. The van der Waals surface area contributed by atoms with Gasteiger partial charge in [0.15, 0.2) is 12.4 Å². The molecule has 5 nitrogen and oxygen atoms in total. The summed E-state index contributed by atoms with van der Waals surface area (Å²) in [7, 11) is 0. The number of benzene rings is 1. The van der Waals surface area contributed by atoms with Crippen LogP contribution in [-0.4, -0.2) is 23.4 Å². The topological polar surface area (TPSA) is 57.4 Å². The van der Waals surface area contributed by atoms with Gasteiger partial charge in [0.05, 0.1) is 11.6 Å². The lowest BCUT2D eigenvalue weighted by molar-refractivity contribution is 0.192. The average Bonchev–Trinajstić information content (AvgIpc) is 3.09.